The van der Waals surface area contributed by atoms with Crippen LogP contribution in [-0.4, -0.2) is 16.8 Å². The first-order chi connectivity index (χ1) is 9.93. The van der Waals surface area contributed by atoms with Gasteiger partial charge in [-0.05, 0) is 6.07 Å². The Morgan fingerprint density at radius 2 is 1.48 bits per heavy atom. The molecule has 2 heterocycles. The molecule has 0 aliphatic carbocycles. The number of carbonyl (C=O) groups excluding carboxylic acids is 2. The van der Waals surface area contributed by atoms with Gasteiger partial charge in [0.05, 0.1) is 11.1 Å². The molecule has 1 aromatic heterocycles. The molecule has 1 aliphatic heterocycles. The molecule has 2 amide bonds. The van der Waals surface area contributed by atoms with Crippen LogP contribution in [0.4, 0.5) is 23.2 Å². The van der Waals surface area contributed by atoms with E-state index < -0.39 is 40.8 Å². The number of fused-ring (bicyclic) bond motifs is 1. The Morgan fingerprint density at radius 3 is 2.05 bits per heavy atom. The van der Waals surface area contributed by atoms with Gasteiger partial charge in [0.15, 0.2) is 23.3 Å². The number of nitrogens with zero attached hydrogens (tertiary/aromatic N) is 2. The summed E-state index contributed by atoms with van der Waals surface area (Å²) >= 11 is 0. The first-order valence-corrected chi connectivity index (χ1v) is 5.59. The van der Waals surface area contributed by atoms with Crippen LogP contribution in [0.15, 0.2) is 24.5 Å². The standard InChI is InChI=1S/C13H4F4N2O2/c14-7-3-8(15)10(17)11(9(7)16)19-12(20)5-1-2-18-4-6(5)13(19)21/h1-4H. The molecule has 0 fully saturated rings. The maximum atomic E-state index is 13.7. The van der Waals surface area contributed by atoms with Crippen molar-refractivity contribution in [3.63, 3.8) is 0 Å². The van der Waals surface area contributed by atoms with Crippen molar-refractivity contribution >= 4 is 17.5 Å². The topological polar surface area (TPSA) is 50.3 Å². The summed E-state index contributed by atoms with van der Waals surface area (Å²) < 4.78 is 53.9. The first-order valence-electron chi connectivity index (χ1n) is 5.59. The molecule has 2 aromatic rings. The van der Waals surface area contributed by atoms with Crippen LogP contribution >= 0.6 is 0 Å². The Hall–Kier alpha value is -2.77. The summed E-state index contributed by atoms with van der Waals surface area (Å²) in [6, 6.07) is 1.16. The number of aromatic nitrogens is 1. The molecule has 21 heavy (non-hydrogen) atoms. The average molecular weight is 296 g/mol. The second kappa shape index (κ2) is 4.37. The molecule has 0 atom stereocenters. The third-order valence-electron chi connectivity index (χ3n) is 3.00. The van der Waals surface area contributed by atoms with Gasteiger partial charge in [-0.25, -0.2) is 22.5 Å². The highest BCUT2D eigenvalue weighted by atomic mass is 19.2. The van der Waals surface area contributed by atoms with Crippen LogP contribution in [0, 0.1) is 23.3 Å². The Bertz CT molecular complexity index is 746. The van der Waals surface area contributed by atoms with Gasteiger partial charge in [0, 0.05) is 18.5 Å². The lowest BCUT2D eigenvalue weighted by Crippen LogP contribution is -2.31. The summed E-state index contributed by atoms with van der Waals surface area (Å²) in [6.07, 6.45) is 2.23. The van der Waals surface area contributed by atoms with E-state index in [-0.39, 0.29) is 22.1 Å². The van der Waals surface area contributed by atoms with E-state index in [0.717, 1.165) is 6.20 Å². The van der Waals surface area contributed by atoms with Gasteiger partial charge in [0.2, 0.25) is 0 Å². The van der Waals surface area contributed by atoms with E-state index in [4.69, 9.17) is 0 Å². The number of pyridine rings is 1. The van der Waals surface area contributed by atoms with Crippen molar-refractivity contribution in [2.45, 2.75) is 0 Å². The number of hydrogen-bond acceptors (Lipinski definition) is 3. The fourth-order valence-electron chi connectivity index (χ4n) is 2.04. The summed E-state index contributed by atoms with van der Waals surface area (Å²) in [5, 5.41) is 0. The second-order valence-electron chi connectivity index (χ2n) is 4.18. The number of anilines is 1. The van der Waals surface area contributed by atoms with Gasteiger partial charge in [-0.1, -0.05) is 0 Å². The third kappa shape index (κ3) is 1.72. The number of benzene rings is 1. The monoisotopic (exact) mass is 296 g/mol. The van der Waals surface area contributed by atoms with Crippen LogP contribution in [0.2, 0.25) is 0 Å². The minimum atomic E-state index is -1.82. The minimum absolute atomic E-state index is 0.00606. The summed E-state index contributed by atoms with van der Waals surface area (Å²) in [7, 11) is 0. The predicted molar refractivity (Wildman–Crippen MR) is 61.7 cm³/mol. The largest absolute Gasteiger partial charge is 0.268 e. The van der Waals surface area contributed by atoms with Gasteiger partial charge in [-0.2, -0.15) is 0 Å². The van der Waals surface area contributed by atoms with Crippen LogP contribution in [0.25, 0.3) is 0 Å². The molecule has 0 spiro atoms. The van der Waals surface area contributed by atoms with Gasteiger partial charge in [0.1, 0.15) is 5.69 Å². The van der Waals surface area contributed by atoms with E-state index >= 15 is 0 Å². The molecule has 8 heteroatoms. The smallest absolute Gasteiger partial charge is 0.267 e. The lowest BCUT2D eigenvalue weighted by atomic mass is 10.2. The van der Waals surface area contributed by atoms with Crippen molar-refractivity contribution in [3.05, 3.63) is 58.9 Å². The van der Waals surface area contributed by atoms with Gasteiger partial charge in [0.25, 0.3) is 11.8 Å². The maximum Gasteiger partial charge on any atom is 0.267 e. The second-order valence-corrected chi connectivity index (χ2v) is 4.18. The highest BCUT2D eigenvalue weighted by Crippen LogP contribution is 2.33. The van der Waals surface area contributed by atoms with Gasteiger partial charge < -0.3 is 0 Å². The van der Waals surface area contributed by atoms with Gasteiger partial charge in [-0.3, -0.25) is 14.6 Å². The van der Waals surface area contributed by atoms with Crippen molar-refractivity contribution in [2.24, 2.45) is 0 Å². The number of halogens is 4. The Morgan fingerprint density at radius 1 is 0.905 bits per heavy atom. The summed E-state index contributed by atoms with van der Waals surface area (Å²) in [4.78, 5) is 27.7. The molecule has 106 valence electrons. The maximum absolute atomic E-state index is 13.7. The number of rotatable bonds is 1. The Balaban J connectivity index is 2.25. The van der Waals surface area contributed by atoms with Crippen molar-refractivity contribution in [2.75, 3.05) is 4.90 Å². The van der Waals surface area contributed by atoms with Crippen molar-refractivity contribution in [1.82, 2.24) is 4.98 Å². The number of carbonyl (C=O) groups is 2. The van der Waals surface area contributed by atoms with E-state index in [1.54, 1.807) is 0 Å². The van der Waals surface area contributed by atoms with E-state index in [1.165, 1.54) is 12.3 Å². The average Bonchev–Trinajstić information content (AvgIpc) is 2.71. The quantitative estimate of drug-likeness (QED) is 0.461. The van der Waals surface area contributed by atoms with Crippen LogP contribution in [0.5, 0.6) is 0 Å². The van der Waals surface area contributed by atoms with Crippen molar-refractivity contribution < 1.29 is 27.2 Å². The Labute approximate surface area is 114 Å². The molecule has 1 aliphatic rings. The van der Waals surface area contributed by atoms with Gasteiger partial charge in [-0.15, -0.1) is 0 Å². The third-order valence-corrected chi connectivity index (χ3v) is 3.00. The summed E-state index contributed by atoms with van der Waals surface area (Å²) in [6.45, 7) is 0. The van der Waals surface area contributed by atoms with E-state index in [9.17, 15) is 27.2 Å². The SMILES string of the molecule is O=C1c2ccncc2C(=O)N1c1c(F)c(F)cc(F)c1F. The van der Waals surface area contributed by atoms with Crippen LogP contribution in [0.3, 0.4) is 0 Å². The Kier molecular flexibility index (Phi) is 2.75. The molecule has 0 N–H and O–H groups in total. The first kappa shape index (κ1) is 13.2. The molecule has 0 saturated heterocycles. The number of amides is 2. The molecule has 3 rings (SSSR count). The van der Waals surface area contributed by atoms with E-state index in [2.05, 4.69) is 4.98 Å². The summed E-state index contributed by atoms with van der Waals surface area (Å²) in [5.41, 5.74) is -1.73. The van der Waals surface area contributed by atoms with Crippen LogP contribution in [0.1, 0.15) is 20.7 Å². The fraction of sp³-hybridized carbons (Fsp3) is 0. The van der Waals surface area contributed by atoms with E-state index in [0.29, 0.717) is 0 Å². The normalized spacial score (nSPS) is 13.8. The fourth-order valence-corrected chi connectivity index (χ4v) is 2.04. The highest BCUT2D eigenvalue weighted by molar-refractivity contribution is 6.34. The van der Waals surface area contributed by atoms with Crippen molar-refractivity contribution in [3.8, 4) is 0 Å². The molecule has 0 bridgehead atoms. The van der Waals surface area contributed by atoms with Crippen LogP contribution in [-0.2, 0) is 0 Å². The molecule has 0 unspecified atom stereocenters. The molecule has 0 saturated carbocycles. The predicted octanol–water partition coefficient (Wildman–Crippen LogP) is 2.44. The lowest BCUT2D eigenvalue weighted by Gasteiger charge is -2.16. The van der Waals surface area contributed by atoms with Gasteiger partial charge >= 0.3 is 0 Å². The zero-order valence-electron chi connectivity index (χ0n) is 10.0. The van der Waals surface area contributed by atoms with Crippen molar-refractivity contribution in [1.29, 1.82) is 0 Å². The minimum Gasteiger partial charge on any atom is -0.268 e. The molecule has 0 radical (unpaired) electrons. The zero-order valence-corrected chi connectivity index (χ0v) is 10.0. The summed E-state index contributed by atoms with van der Waals surface area (Å²) in [5.74, 6) is -9.25. The highest BCUT2D eigenvalue weighted by Gasteiger charge is 2.41. The zero-order chi connectivity index (χ0) is 15.3. The number of hydrogen-bond donors (Lipinski definition) is 0. The molecule has 1 aromatic carbocycles. The molecular weight excluding hydrogens is 292 g/mol. The number of imide groups is 1. The molecule has 4 nitrogen and oxygen atoms in total. The molecular formula is C13H4F4N2O2. The lowest BCUT2D eigenvalue weighted by molar-refractivity contribution is 0.0923. The van der Waals surface area contributed by atoms with Crippen LogP contribution < -0.4 is 4.90 Å². The van der Waals surface area contributed by atoms with E-state index in [1.807, 2.05) is 0 Å².